The normalized spacial score (nSPS) is 11.0. The molecule has 1 aromatic heterocycles. The van der Waals surface area contributed by atoms with Crippen LogP contribution in [-0.2, 0) is 5.75 Å². The van der Waals surface area contributed by atoms with Crippen LogP contribution in [0.15, 0.2) is 59.8 Å². The van der Waals surface area contributed by atoms with Crippen molar-refractivity contribution in [3.05, 3.63) is 77.0 Å². The molecule has 0 amide bonds. The van der Waals surface area contributed by atoms with Crippen molar-refractivity contribution >= 4 is 11.8 Å². The van der Waals surface area contributed by atoms with Crippen molar-refractivity contribution in [3.8, 4) is 11.6 Å². The zero-order valence-electron chi connectivity index (χ0n) is 15.7. The third-order valence-electron chi connectivity index (χ3n) is 4.05. The summed E-state index contributed by atoms with van der Waals surface area (Å²) in [5.41, 5.74) is 4.58. The van der Waals surface area contributed by atoms with E-state index >= 15 is 0 Å². The van der Waals surface area contributed by atoms with E-state index < -0.39 is 0 Å². The first kappa shape index (κ1) is 18.5. The largest absolute Gasteiger partial charge is 0.439 e. The highest BCUT2D eigenvalue weighted by Gasteiger charge is 2.11. The average Bonchev–Trinajstić information content (AvgIpc) is 2.63. The van der Waals surface area contributed by atoms with Gasteiger partial charge in [-0.15, -0.1) is 0 Å². The molecule has 0 atom stereocenters. The van der Waals surface area contributed by atoms with Gasteiger partial charge in [0, 0.05) is 11.8 Å². The minimum Gasteiger partial charge on any atom is -0.439 e. The van der Waals surface area contributed by atoms with E-state index in [1.165, 1.54) is 11.1 Å². The highest BCUT2D eigenvalue weighted by atomic mass is 32.2. The van der Waals surface area contributed by atoms with Gasteiger partial charge in [0.15, 0.2) is 5.16 Å². The maximum Gasteiger partial charge on any atom is 0.223 e. The van der Waals surface area contributed by atoms with Crippen LogP contribution in [0, 0.1) is 13.8 Å². The number of thioether (sulfide) groups is 1. The van der Waals surface area contributed by atoms with Gasteiger partial charge in [-0.25, -0.2) is 4.98 Å². The monoisotopic (exact) mass is 364 g/mol. The number of hydrogen-bond acceptors (Lipinski definition) is 4. The fourth-order valence-corrected chi connectivity index (χ4v) is 3.39. The molecule has 0 saturated carbocycles. The minimum atomic E-state index is 0.315. The molecule has 4 heteroatoms. The Bertz CT molecular complexity index is 879. The molecule has 2 aromatic carbocycles. The van der Waals surface area contributed by atoms with Crippen LogP contribution < -0.4 is 4.74 Å². The quantitative estimate of drug-likeness (QED) is 0.380. The first-order valence-electron chi connectivity index (χ1n) is 8.82. The van der Waals surface area contributed by atoms with E-state index in [-0.39, 0.29) is 0 Å². The third-order valence-corrected chi connectivity index (χ3v) is 4.97. The van der Waals surface area contributed by atoms with Gasteiger partial charge < -0.3 is 4.74 Å². The van der Waals surface area contributed by atoms with Gasteiger partial charge in [-0.3, -0.25) is 0 Å². The van der Waals surface area contributed by atoms with E-state index in [9.17, 15) is 0 Å². The van der Waals surface area contributed by atoms with Crippen LogP contribution in [0.4, 0.5) is 0 Å². The van der Waals surface area contributed by atoms with Gasteiger partial charge in [-0.2, -0.15) is 4.98 Å². The zero-order chi connectivity index (χ0) is 18.5. The Balaban J connectivity index is 1.83. The number of nitrogens with zero attached hydrogens (tertiary/aromatic N) is 2. The second-order valence-electron chi connectivity index (χ2n) is 6.71. The molecule has 3 nitrogen and oxygen atoms in total. The molecule has 0 bridgehead atoms. The second-order valence-corrected chi connectivity index (χ2v) is 7.66. The Morgan fingerprint density at radius 3 is 2.42 bits per heavy atom. The predicted molar refractivity (Wildman–Crippen MR) is 108 cm³/mol. The first-order valence-corrected chi connectivity index (χ1v) is 9.80. The topological polar surface area (TPSA) is 35.0 Å². The van der Waals surface area contributed by atoms with Crippen LogP contribution in [0.3, 0.4) is 0 Å². The second kappa shape index (κ2) is 8.37. The highest BCUT2D eigenvalue weighted by molar-refractivity contribution is 7.98. The lowest BCUT2D eigenvalue weighted by Crippen LogP contribution is -2.00. The molecule has 0 N–H and O–H groups in total. The summed E-state index contributed by atoms with van der Waals surface area (Å²) in [7, 11) is 0. The SMILES string of the molecule is Cc1ccc(Oc2cc(C(C)C)nc(SCc3ccccc3)n2)c(C)c1. The van der Waals surface area contributed by atoms with Crippen LogP contribution in [0.1, 0.15) is 42.1 Å². The summed E-state index contributed by atoms with van der Waals surface area (Å²) in [6.45, 7) is 8.40. The van der Waals surface area contributed by atoms with Crippen molar-refractivity contribution in [1.29, 1.82) is 0 Å². The Morgan fingerprint density at radius 1 is 0.962 bits per heavy atom. The van der Waals surface area contributed by atoms with E-state index in [1.54, 1.807) is 11.8 Å². The summed E-state index contributed by atoms with van der Waals surface area (Å²) in [6.07, 6.45) is 0. The van der Waals surface area contributed by atoms with Crippen molar-refractivity contribution < 1.29 is 4.74 Å². The van der Waals surface area contributed by atoms with E-state index in [0.29, 0.717) is 11.8 Å². The van der Waals surface area contributed by atoms with Crippen LogP contribution in [0.2, 0.25) is 0 Å². The van der Waals surface area contributed by atoms with E-state index in [2.05, 4.69) is 69.1 Å². The fourth-order valence-electron chi connectivity index (χ4n) is 2.58. The number of hydrogen-bond donors (Lipinski definition) is 0. The molecule has 3 rings (SSSR count). The van der Waals surface area contributed by atoms with Gasteiger partial charge >= 0.3 is 0 Å². The van der Waals surface area contributed by atoms with Crippen molar-refractivity contribution in [2.24, 2.45) is 0 Å². The van der Waals surface area contributed by atoms with Crippen molar-refractivity contribution in [3.63, 3.8) is 0 Å². The maximum absolute atomic E-state index is 6.08. The number of aromatic nitrogens is 2. The molecule has 0 radical (unpaired) electrons. The van der Waals surface area contributed by atoms with E-state index in [1.807, 2.05) is 18.2 Å². The molecule has 0 spiro atoms. The predicted octanol–water partition coefficient (Wildman–Crippen LogP) is 6.30. The highest BCUT2D eigenvalue weighted by Crippen LogP contribution is 2.29. The van der Waals surface area contributed by atoms with Gasteiger partial charge in [0.2, 0.25) is 5.88 Å². The van der Waals surface area contributed by atoms with Gasteiger partial charge in [-0.05, 0) is 37.0 Å². The molecule has 0 unspecified atom stereocenters. The van der Waals surface area contributed by atoms with Crippen LogP contribution >= 0.6 is 11.8 Å². The number of rotatable bonds is 6. The Labute approximate surface area is 159 Å². The van der Waals surface area contributed by atoms with Gasteiger partial charge in [0.05, 0.1) is 5.69 Å². The lowest BCUT2D eigenvalue weighted by molar-refractivity contribution is 0.449. The molecule has 0 saturated heterocycles. The van der Waals surface area contributed by atoms with Crippen LogP contribution in [0.25, 0.3) is 0 Å². The summed E-state index contributed by atoms with van der Waals surface area (Å²) in [6, 6.07) is 18.5. The molecule has 0 aliphatic rings. The van der Waals surface area contributed by atoms with Crippen LogP contribution in [-0.4, -0.2) is 9.97 Å². The summed E-state index contributed by atoms with van der Waals surface area (Å²) < 4.78 is 6.08. The third kappa shape index (κ3) is 4.85. The summed E-state index contributed by atoms with van der Waals surface area (Å²) in [5, 5.41) is 0.750. The average molecular weight is 365 g/mol. The van der Waals surface area contributed by atoms with E-state index in [4.69, 9.17) is 9.72 Å². The number of benzene rings is 2. The fraction of sp³-hybridized carbons (Fsp3) is 0.273. The van der Waals surface area contributed by atoms with Crippen molar-refractivity contribution in [2.75, 3.05) is 0 Å². The van der Waals surface area contributed by atoms with E-state index in [0.717, 1.165) is 27.9 Å². The molecule has 134 valence electrons. The Hall–Kier alpha value is -2.33. The molecule has 0 fully saturated rings. The Morgan fingerprint density at radius 2 is 1.73 bits per heavy atom. The lowest BCUT2D eigenvalue weighted by atomic mass is 10.1. The standard InChI is InChI=1S/C22H24N2OS/c1-15(2)19-13-21(25-20-11-10-16(3)12-17(20)4)24-22(23-19)26-14-18-8-6-5-7-9-18/h5-13,15H,14H2,1-4H3. The molecule has 3 aromatic rings. The van der Waals surface area contributed by atoms with Crippen molar-refractivity contribution in [1.82, 2.24) is 9.97 Å². The van der Waals surface area contributed by atoms with Gasteiger partial charge in [0.1, 0.15) is 5.75 Å². The number of ether oxygens (including phenoxy) is 1. The summed E-state index contributed by atoms with van der Waals surface area (Å²) in [5.74, 6) is 2.59. The van der Waals surface area contributed by atoms with Gasteiger partial charge in [0.25, 0.3) is 0 Å². The molecular weight excluding hydrogens is 340 g/mol. The zero-order valence-corrected chi connectivity index (χ0v) is 16.5. The summed E-state index contributed by atoms with van der Waals surface area (Å²) in [4.78, 5) is 9.32. The molecule has 1 heterocycles. The molecule has 0 aliphatic carbocycles. The van der Waals surface area contributed by atoms with Crippen molar-refractivity contribution in [2.45, 2.75) is 44.5 Å². The smallest absolute Gasteiger partial charge is 0.223 e. The van der Waals surface area contributed by atoms with Gasteiger partial charge in [-0.1, -0.05) is 73.6 Å². The lowest BCUT2D eigenvalue weighted by Gasteiger charge is -2.12. The molecule has 26 heavy (non-hydrogen) atoms. The minimum absolute atomic E-state index is 0.315. The summed E-state index contributed by atoms with van der Waals surface area (Å²) >= 11 is 1.63. The Kier molecular flexibility index (Phi) is 5.94. The first-order chi connectivity index (χ1) is 12.5. The molecular formula is C22H24N2OS. The van der Waals surface area contributed by atoms with Crippen LogP contribution in [0.5, 0.6) is 11.6 Å². The number of aryl methyl sites for hydroxylation is 2. The molecule has 0 aliphatic heterocycles. The maximum atomic E-state index is 6.08.